The largest absolute Gasteiger partial charge is 0.368 e. The summed E-state index contributed by atoms with van der Waals surface area (Å²) in [6.07, 6.45) is 2.06. The molecule has 0 unspecified atom stereocenters. The number of piperazine rings is 1. The predicted molar refractivity (Wildman–Crippen MR) is 119 cm³/mol. The Labute approximate surface area is 174 Å². The second-order valence-electron chi connectivity index (χ2n) is 7.80. The molecule has 1 saturated heterocycles. The average molecular weight is 396 g/mol. The Hall–Kier alpha value is -2.63. The molecule has 6 heteroatoms. The number of hydrogen-bond acceptors (Lipinski definition) is 5. The quantitative estimate of drug-likeness (QED) is 0.716. The highest BCUT2D eigenvalue weighted by Gasteiger charge is 2.24. The van der Waals surface area contributed by atoms with Crippen molar-refractivity contribution in [2.45, 2.75) is 40.5 Å². The first-order chi connectivity index (χ1) is 14.0. The molecule has 0 aliphatic carbocycles. The summed E-state index contributed by atoms with van der Waals surface area (Å²) in [4.78, 5) is 28.8. The highest BCUT2D eigenvalue weighted by molar-refractivity contribution is 5.93. The van der Waals surface area contributed by atoms with Crippen molar-refractivity contribution < 1.29 is 4.79 Å². The molecule has 0 N–H and O–H groups in total. The molecule has 0 atom stereocenters. The fourth-order valence-corrected chi connectivity index (χ4v) is 3.81. The van der Waals surface area contributed by atoms with Crippen LogP contribution in [0.4, 0.5) is 11.6 Å². The lowest BCUT2D eigenvalue weighted by atomic mass is 10.2. The third-order valence-electron chi connectivity index (χ3n) is 5.27. The van der Waals surface area contributed by atoms with Gasteiger partial charge in [0.2, 0.25) is 5.95 Å². The fourth-order valence-electron chi connectivity index (χ4n) is 3.81. The molecular formula is C23H33N5O. The Morgan fingerprint density at radius 1 is 1.00 bits per heavy atom. The van der Waals surface area contributed by atoms with Crippen LogP contribution in [0.15, 0.2) is 30.3 Å². The van der Waals surface area contributed by atoms with E-state index in [0.717, 1.165) is 44.7 Å². The number of anilines is 2. The Balaban J connectivity index is 1.70. The van der Waals surface area contributed by atoms with E-state index in [1.54, 1.807) is 0 Å². The van der Waals surface area contributed by atoms with Gasteiger partial charge >= 0.3 is 0 Å². The molecule has 29 heavy (non-hydrogen) atoms. The maximum Gasteiger partial charge on any atom is 0.272 e. The number of carbonyl (C=O) groups is 1. The monoisotopic (exact) mass is 395 g/mol. The van der Waals surface area contributed by atoms with Crippen LogP contribution in [0.5, 0.6) is 0 Å². The normalized spacial score (nSPS) is 14.2. The van der Waals surface area contributed by atoms with Crippen LogP contribution in [0.1, 0.15) is 48.4 Å². The zero-order valence-corrected chi connectivity index (χ0v) is 18.2. The van der Waals surface area contributed by atoms with E-state index in [1.165, 1.54) is 11.3 Å². The summed E-state index contributed by atoms with van der Waals surface area (Å²) in [5.74, 6) is 0.684. The van der Waals surface area contributed by atoms with Gasteiger partial charge in [-0.2, -0.15) is 0 Å². The van der Waals surface area contributed by atoms with Crippen LogP contribution in [0.25, 0.3) is 0 Å². The lowest BCUT2D eigenvalue weighted by molar-refractivity contribution is 0.0740. The first-order valence-corrected chi connectivity index (χ1v) is 10.7. The lowest BCUT2D eigenvalue weighted by Gasteiger charge is -2.36. The average Bonchev–Trinajstić information content (AvgIpc) is 2.73. The van der Waals surface area contributed by atoms with Gasteiger partial charge in [-0.3, -0.25) is 4.79 Å². The number of rotatable bonds is 7. The number of hydrogen-bond donors (Lipinski definition) is 0. The van der Waals surface area contributed by atoms with Gasteiger partial charge in [-0.1, -0.05) is 26.0 Å². The van der Waals surface area contributed by atoms with Crippen LogP contribution in [0.2, 0.25) is 0 Å². The molecule has 156 valence electrons. The first kappa shape index (κ1) is 21.1. The summed E-state index contributed by atoms with van der Waals surface area (Å²) < 4.78 is 0. The van der Waals surface area contributed by atoms with Crippen LogP contribution < -0.4 is 9.80 Å². The van der Waals surface area contributed by atoms with Crippen molar-refractivity contribution >= 4 is 17.5 Å². The van der Waals surface area contributed by atoms with E-state index in [1.807, 2.05) is 17.9 Å². The summed E-state index contributed by atoms with van der Waals surface area (Å²) >= 11 is 0. The smallest absolute Gasteiger partial charge is 0.272 e. The van der Waals surface area contributed by atoms with E-state index in [2.05, 4.69) is 64.8 Å². The van der Waals surface area contributed by atoms with E-state index in [0.29, 0.717) is 24.7 Å². The summed E-state index contributed by atoms with van der Waals surface area (Å²) in [6.45, 7) is 13.2. The third kappa shape index (κ3) is 5.25. The second kappa shape index (κ2) is 9.72. The van der Waals surface area contributed by atoms with Crippen molar-refractivity contribution in [1.82, 2.24) is 14.9 Å². The molecule has 0 radical (unpaired) electrons. The SMILES string of the molecule is CCCN(CCC)c1nc(C)cc(C(=O)N2CCN(c3cccc(C)c3)CC2)n1. The van der Waals surface area contributed by atoms with Crippen molar-refractivity contribution in [1.29, 1.82) is 0 Å². The molecule has 1 aliphatic rings. The highest BCUT2D eigenvalue weighted by Crippen LogP contribution is 2.19. The topological polar surface area (TPSA) is 52.6 Å². The zero-order valence-electron chi connectivity index (χ0n) is 18.2. The molecule has 6 nitrogen and oxygen atoms in total. The van der Waals surface area contributed by atoms with Crippen molar-refractivity contribution in [3.05, 3.63) is 47.3 Å². The van der Waals surface area contributed by atoms with Gasteiger partial charge < -0.3 is 14.7 Å². The Morgan fingerprint density at radius 2 is 1.69 bits per heavy atom. The summed E-state index contributed by atoms with van der Waals surface area (Å²) in [5.41, 5.74) is 3.84. The van der Waals surface area contributed by atoms with Gasteiger partial charge in [0.1, 0.15) is 5.69 Å². The van der Waals surface area contributed by atoms with Gasteiger partial charge in [0, 0.05) is 50.6 Å². The third-order valence-corrected chi connectivity index (χ3v) is 5.27. The molecule has 1 amide bonds. The molecular weight excluding hydrogens is 362 g/mol. The molecule has 1 aliphatic heterocycles. The second-order valence-corrected chi connectivity index (χ2v) is 7.80. The van der Waals surface area contributed by atoms with Crippen molar-refractivity contribution in [3.8, 4) is 0 Å². The Morgan fingerprint density at radius 3 is 2.31 bits per heavy atom. The minimum absolute atomic E-state index is 0.00795. The predicted octanol–water partition coefficient (Wildman–Crippen LogP) is 3.68. The molecule has 0 spiro atoms. The maximum absolute atomic E-state index is 13.1. The first-order valence-electron chi connectivity index (χ1n) is 10.7. The van der Waals surface area contributed by atoms with Crippen LogP contribution in [0, 0.1) is 13.8 Å². The molecule has 2 heterocycles. The number of nitrogens with zero attached hydrogens (tertiary/aromatic N) is 5. The zero-order chi connectivity index (χ0) is 20.8. The van der Waals surface area contributed by atoms with E-state index in [4.69, 9.17) is 0 Å². The van der Waals surface area contributed by atoms with Crippen molar-refractivity contribution in [2.75, 3.05) is 49.1 Å². The van der Waals surface area contributed by atoms with E-state index >= 15 is 0 Å². The Kier molecular flexibility index (Phi) is 7.07. The fraction of sp³-hybridized carbons (Fsp3) is 0.522. The maximum atomic E-state index is 13.1. The summed E-state index contributed by atoms with van der Waals surface area (Å²) in [6, 6.07) is 10.4. The molecule has 0 bridgehead atoms. The van der Waals surface area contributed by atoms with Gasteiger partial charge in [0.05, 0.1) is 0 Å². The highest BCUT2D eigenvalue weighted by atomic mass is 16.2. The van der Waals surface area contributed by atoms with E-state index in [9.17, 15) is 4.79 Å². The lowest BCUT2D eigenvalue weighted by Crippen LogP contribution is -2.49. The van der Waals surface area contributed by atoms with Crippen LogP contribution >= 0.6 is 0 Å². The van der Waals surface area contributed by atoms with Crippen LogP contribution in [-0.2, 0) is 0 Å². The minimum atomic E-state index is 0.00795. The van der Waals surface area contributed by atoms with E-state index in [-0.39, 0.29) is 5.91 Å². The molecule has 2 aromatic rings. The number of carbonyl (C=O) groups excluding carboxylic acids is 1. The van der Waals surface area contributed by atoms with Crippen LogP contribution in [0.3, 0.4) is 0 Å². The summed E-state index contributed by atoms with van der Waals surface area (Å²) in [7, 11) is 0. The molecule has 1 fully saturated rings. The van der Waals surface area contributed by atoms with Gasteiger partial charge in [-0.25, -0.2) is 9.97 Å². The molecule has 0 saturated carbocycles. The molecule has 1 aromatic carbocycles. The number of aryl methyl sites for hydroxylation is 2. The van der Waals surface area contributed by atoms with Gasteiger partial charge in [0.15, 0.2) is 0 Å². The van der Waals surface area contributed by atoms with Gasteiger partial charge in [-0.15, -0.1) is 0 Å². The van der Waals surface area contributed by atoms with Crippen molar-refractivity contribution in [3.63, 3.8) is 0 Å². The van der Waals surface area contributed by atoms with Gasteiger partial charge in [0.25, 0.3) is 5.91 Å². The number of benzene rings is 1. The number of aromatic nitrogens is 2. The molecule has 1 aromatic heterocycles. The number of amides is 1. The minimum Gasteiger partial charge on any atom is -0.368 e. The van der Waals surface area contributed by atoms with Crippen LogP contribution in [-0.4, -0.2) is 60.0 Å². The summed E-state index contributed by atoms with van der Waals surface area (Å²) in [5, 5.41) is 0. The Bertz CT molecular complexity index is 824. The standard InChI is InChI=1S/C23H33N5O/c1-5-10-28(11-6-2)23-24-19(4)17-21(25-23)22(29)27-14-12-26(13-15-27)20-9-7-8-18(3)16-20/h7-9,16-17H,5-6,10-15H2,1-4H3. The molecule has 3 rings (SSSR count). The van der Waals surface area contributed by atoms with E-state index < -0.39 is 0 Å². The van der Waals surface area contributed by atoms with Crippen molar-refractivity contribution in [2.24, 2.45) is 0 Å². The van der Waals surface area contributed by atoms with Gasteiger partial charge in [-0.05, 0) is 50.5 Å².